The number of para-hydroxylation sites is 1. The minimum atomic E-state index is -0.214. The fourth-order valence-electron chi connectivity index (χ4n) is 2.56. The SMILES string of the molecule is COc1ccccc1C(=O)Nc1cc(-c2nnc(C3CC3)o2)sc1C. The zero-order valence-electron chi connectivity index (χ0n) is 13.9. The predicted molar refractivity (Wildman–Crippen MR) is 95.3 cm³/mol. The van der Waals surface area contributed by atoms with E-state index in [0.717, 1.165) is 28.3 Å². The summed E-state index contributed by atoms with van der Waals surface area (Å²) in [7, 11) is 1.55. The lowest BCUT2D eigenvalue weighted by Gasteiger charge is -2.08. The fraction of sp³-hybridized carbons (Fsp3) is 0.278. The summed E-state index contributed by atoms with van der Waals surface area (Å²) < 4.78 is 11.0. The molecule has 4 rings (SSSR count). The molecule has 1 N–H and O–H groups in total. The molecule has 0 aliphatic heterocycles. The quantitative estimate of drug-likeness (QED) is 0.740. The van der Waals surface area contributed by atoms with E-state index in [2.05, 4.69) is 15.5 Å². The summed E-state index contributed by atoms with van der Waals surface area (Å²) in [4.78, 5) is 14.4. The lowest BCUT2D eigenvalue weighted by molar-refractivity contribution is 0.102. The number of amides is 1. The number of anilines is 1. The summed E-state index contributed by atoms with van der Waals surface area (Å²) >= 11 is 1.52. The molecule has 0 unspecified atom stereocenters. The first kappa shape index (κ1) is 15.8. The predicted octanol–water partition coefficient (Wildman–Crippen LogP) is 4.24. The first-order valence-corrected chi connectivity index (χ1v) is 8.86. The van der Waals surface area contributed by atoms with Gasteiger partial charge in [0.2, 0.25) is 5.89 Å². The second-order valence-electron chi connectivity index (χ2n) is 5.95. The van der Waals surface area contributed by atoms with Gasteiger partial charge < -0.3 is 14.5 Å². The number of nitrogens with zero attached hydrogens (tertiary/aromatic N) is 2. The van der Waals surface area contributed by atoms with Crippen LogP contribution in [0.3, 0.4) is 0 Å². The third-order valence-corrected chi connectivity index (χ3v) is 5.13. The minimum absolute atomic E-state index is 0.214. The maximum absolute atomic E-state index is 12.6. The van der Waals surface area contributed by atoms with E-state index in [4.69, 9.17) is 9.15 Å². The van der Waals surface area contributed by atoms with Crippen LogP contribution in [0.1, 0.15) is 39.9 Å². The lowest BCUT2D eigenvalue weighted by atomic mass is 10.2. The Hall–Kier alpha value is -2.67. The largest absolute Gasteiger partial charge is 0.496 e. The molecule has 1 aromatic carbocycles. The van der Waals surface area contributed by atoms with Gasteiger partial charge in [0.05, 0.1) is 23.2 Å². The third kappa shape index (κ3) is 3.15. The Morgan fingerprint density at radius 2 is 2.12 bits per heavy atom. The number of thiophene rings is 1. The van der Waals surface area contributed by atoms with Crippen LogP contribution in [0.5, 0.6) is 5.75 Å². The van der Waals surface area contributed by atoms with Crippen molar-refractivity contribution in [2.45, 2.75) is 25.7 Å². The zero-order valence-corrected chi connectivity index (χ0v) is 14.7. The molecular formula is C18H17N3O3S. The summed E-state index contributed by atoms with van der Waals surface area (Å²) in [6.45, 7) is 1.95. The highest BCUT2D eigenvalue weighted by Crippen LogP contribution is 2.41. The van der Waals surface area contributed by atoms with E-state index in [1.165, 1.54) is 11.3 Å². The van der Waals surface area contributed by atoms with Gasteiger partial charge in [-0.2, -0.15) is 0 Å². The third-order valence-electron chi connectivity index (χ3n) is 4.10. The van der Waals surface area contributed by atoms with E-state index in [-0.39, 0.29) is 5.91 Å². The topological polar surface area (TPSA) is 77.2 Å². The van der Waals surface area contributed by atoms with Crippen molar-refractivity contribution < 1.29 is 13.9 Å². The highest BCUT2D eigenvalue weighted by Gasteiger charge is 2.30. The van der Waals surface area contributed by atoms with E-state index in [9.17, 15) is 4.79 Å². The van der Waals surface area contributed by atoms with Crippen molar-refractivity contribution in [1.82, 2.24) is 10.2 Å². The second-order valence-corrected chi connectivity index (χ2v) is 7.21. The number of methoxy groups -OCH3 is 1. The fourth-order valence-corrected chi connectivity index (χ4v) is 3.46. The lowest BCUT2D eigenvalue weighted by Crippen LogP contribution is -2.13. The van der Waals surface area contributed by atoms with Crippen LogP contribution in [-0.2, 0) is 0 Å². The Kier molecular flexibility index (Phi) is 4.01. The molecule has 1 aliphatic carbocycles. The van der Waals surface area contributed by atoms with E-state index in [1.807, 2.05) is 19.1 Å². The Morgan fingerprint density at radius 1 is 1.32 bits per heavy atom. The molecule has 0 bridgehead atoms. The molecule has 7 heteroatoms. The van der Waals surface area contributed by atoms with Crippen LogP contribution in [0.2, 0.25) is 0 Å². The molecule has 1 fully saturated rings. The van der Waals surface area contributed by atoms with Crippen molar-refractivity contribution in [3.05, 3.63) is 46.7 Å². The molecular weight excluding hydrogens is 338 g/mol. The normalized spacial score (nSPS) is 13.7. The van der Waals surface area contributed by atoms with Gasteiger partial charge in [-0.25, -0.2) is 0 Å². The van der Waals surface area contributed by atoms with Crippen LogP contribution in [0.15, 0.2) is 34.7 Å². The molecule has 0 spiro atoms. The van der Waals surface area contributed by atoms with Crippen molar-refractivity contribution in [1.29, 1.82) is 0 Å². The summed E-state index contributed by atoms with van der Waals surface area (Å²) in [5.41, 5.74) is 1.23. The number of ether oxygens (including phenoxy) is 1. The Labute approximate surface area is 148 Å². The van der Waals surface area contributed by atoms with Gasteiger partial charge >= 0.3 is 0 Å². The summed E-state index contributed by atoms with van der Waals surface area (Å²) in [5.74, 6) is 1.97. The van der Waals surface area contributed by atoms with Gasteiger partial charge in [-0.3, -0.25) is 4.79 Å². The average Bonchev–Trinajstić information content (AvgIpc) is 3.25. The monoisotopic (exact) mass is 355 g/mol. The smallest absolute Gasteiger partial charge is 0.259 e. The van der Waals surface area contributed by atoms with Crippen LogP contribution in [0, 0.1) is 6.92 Å². The molecule has 128 valence electrons. The molecule has 2 aromatic heterocycles. The summed E-state index contributed by atoms with van der Waals surface area (Å²) in [6.07, 6.45) is 2.23. The zero-order chi connectivity index (χ0) is 17.4. The molecule has 6 nitrogen and oxygen atoms in total. The maximum atomic E-state index is 12.6. The number of carbonyl (C=O) groups excluding carboxylic acids is 1. The molecule has 2 heterocycles. The second kappa shape index (κ2) is 6.33. The van der Waals surface area contributed by atoms with Crippen LogP contribution < -0.4 is 10.1 Å². The van der Waals surface area contributed by atoms with E-state index >= 15 is 0 Å². The van der Waals surface area contributed by atoms with Crippen molar-refractivity contribution >= 4 is 22.9 Å². The van der Waals surface area contributed by atoms with Gasteiger partial charge in [-0.05, 0) is 38.0 Å². The van der Waals surface area contributed by atoms with Crippen molar-refractivity contribution in [3.8, 4) is 16.5 Å². The number of aromatic nitrogens is 2. The van der Waals surface area contributed by atoms with Crippen LogP contribution in [-0.4, -0.2) is 23.2 Å². The van der Waals surface area contributed by atoms with Gasteiger partial charge in [0.25, 0.3) is 11.8 Å². The Bertz CT molecular complexity index is 927. The van der Waals surface area contributed by atoms with Gasteiger partial charge in [-0.15, -0.1) is 21.5 Å². The number of carbonyl (C=O) groups is 1. The Morgan fingerprint density at radius 3 is 2.88 bits per heavy atom. The first-order valence-electron chi connectivity index (χ1n) is 8.04. The Balaban J connectivity index is 1.56. The van der Waals surface area contributed by atoms with E-state index in [0.29, 0.717) is 29.0 Å². The van der Waals surface area contributed by atoms with Crippen molar-refractivity contribution in [2.24, 2.45) is 0 Å². The number of benzene rings is 1. The van der Waals surface area contributed by atoms with Crippen LogP contribution >= 0.6 is 11.3 Å². The van der Waals surface area contributed by atoms with Gasteiger partial charge in [0.15, 0.2) is 0 Å². The molecule has 1 aliphatic rings. The van der Waals surface area contributed by atoms with E-state index in [1.54, 1.807) is 25.3 Å². The van der Waals surface area contributed by atoms with Crippen molar-refractivity contribution in [2.75, 3.05) is 12.4 Å². The van der Waals surface area contributed by atoms with Gasteiger partial charge in [-0.1, -0.05) is 12.1 Å². The summed E-state index contributed by atoms with van der Waals surface area (Å²) in [5, 5.41) is 11.2. The van der Waals surface area contributed by atoms with Crippen molar-refractivity contribution in [3.63, 3.8) is 0 Å². The highest BCUT2D eigenvalue weighted by molar-refractivity contribution is 7.15. The molecule has 3 aromatic rings. The standard InChI is InChI=1S/C18H17N3O3S/c1-10-13(19-16(22)12-5-3-4-6-14(12)23-2)9-15(25-10)18-21-20-17(24-18)11-7-8-11/h3-6,9,11H,7-8H2,1-2H3,(H,19,22). The minimum Gasteiger partial charge on any atom is -0.496 e. The van der Waals surface area contributed by atoms with Gasteiger partial charge in [0, 0.05) is 10.8 Å². The molecule has 0 radical (unpaired) electrons. The number of hydrogen-bond donors (Lipinski definition) is 1. The number of rotatable bonds is 5. The molecule has 1 saturated carbocycles. The molecule has 0 atom stereocenters. The van der Waals surface area contributed by atoms with Crippen LogP contribution in [0.4, 0.5) is 5.69 Å². The summed E-state index contributed by atoms with van der Waals surface area (Å²) in [6, 6.07) is 9.00. The van der Waals surface area contributed by atoms with E-state index < -0.39 is 0 Å². The molecule has 1 amide bonds. The van der Waals surface area contributed by atoms with Gasteiger partial charge in [0.1, 0.15) is 5.75 Å². The number of aryl methyl sites for hydroxylation is 1. The maximum Gasteiger partial charge on any atom is 0.259 e. The highest BCUT2D eigenvalue weighted by atomic mass is 32.1. The number of hydrogen-bond acceptors (Lipinski definition) is 6. The first-order chi connectivity index (χ1) is 12.2. The number of nitrogens with one attached hydrogen (secondary N) is 1. The van der Waals surface area contributed by atoms with Crippen LogP contribution in [0.25, 0.3) is 10.8 Å². The average molecular weight is 355 g/mol. The molecule has 25 heavy (non-hydrogen) atoms. The molecule has 0 saturated heterocycles.